The molecule has 0 spiro atoms. The van der Waals surface area contributed by atoms with Crippen molar-refractivity contribution in [1.82, 2.24) is 10.2 Å². The number of hydrogen-bond acceptors (Lipinski definition) is 4. The lowest BCUT2D eigenvalue weighted by Crippen LogP contribution is -2.46. The van der Waals surface area contributed by atoms with Gasteiger partial charge in [-0.1, -0.05) is 12.8 Å². The average Bonchev–Trinajstić information content (AvgIpc) is 3.09. The molecule has 0 amide bonds. The highest BCUT2D eigenvalue weighted by molar-refractivity contribution is 5.85. The molecule has 1 saturated carbocycles. The predicted octanol–water partition coefficient (Wildman–Crippen LogP) is 4.15. The second-order valence-corrected chi connectivity index (χ2v) is 6.73. The van der Waals surface area contributed by atoms with Gasteiger partial charge in [-0.15, -0.1) is 25.6 Å². The van der Waals surface area contributed by atoms with Gasteiger partial charge in [0.05, 0.1) is 7.11 Å². The number of nitrogens with zero attached hydrogens (tertiary/aromatic N) is 1. The Morgan fingerprint density at radius 2 is 1.81 bits per heavy atom. The van der Waals surface area contributed by atoms with E-state index in [-0.39, 0.29) is 24.2 Å². The van der Waals surface area contributed by atoms with Crippen LogP contribution in [-0.2, 0) is 0 Å². The number of halogens is 4. The fraction of sp³-hybridized carbons (Fsp3) is 0.667. The Bertz CT molecular complexity index is 574. The van der Waals surface area contributed by atoms with Crippen molar-refractivity contribution in [2.45, 2.75) is 38.1 Å². The molecule has 0 bridgehead atoms. The molecule has 1 N–H and O–H groups in total. The molecule has 148 valence electrons. The van der Waals surface area contributed by atoms with Crippen molar-refractivity contribution < 1.29 is 22.6 Å². The van der Waals surface area contributed by atoms with Crippen molar-refractivity contribution in [2.24, 2.45) is 5.92 Å². The van der Waals surface area contributed by atoms with Gasteiger partial charge in [0, 0.05) is 37.8 Å². The molecular weight excluding hydrogens is 369 g/mol. The van der Waals surface area contributed by atoms with E-state index in [9.17, 15) is 13.2 Å². The first kappa shape index (κ1) is 21.1. The van der Waals surface area contributed by atoms with Crippen LogP contribution >= 0.6 is 12.4 Å². The number of piperazine rings is 1. The van der Waals surface area contributed by atoms with Gasteiger partial charge in [0.25, 0.3) is 0 Å². The van der Waals surface area contributed by atoms with Crippen molar-refractivity contribution in [3.63, 3.8) is 0 Å². The first-order valence-corrected chi connectivity index (χ1v) is 8.86. The Morgan fingerprint density at radius 1 is 1.15 bits per heavy atom. The maximum atomic E-state index is 12.6. The minimum absolute atomic E-state index is 0. The lowest BCUT2D eigenvalue weighted by atomic mass is 9.89. The standard InChI is InChI=1S/C18H25F3N2O2.ClH/c1-24-16-7-6-14(25-18(19,20)21)12-15(16)17(13-4-2-3-5-13)23-10-8-22-9-11-23;/h6-7,12-13,17,22H,2-5,8-11H2,1H3;1H/t17-;/m0./s1. The molecule has 2 aliphatic rings. The third-order valence-corrected chi connectivity index (χ3v) is 5.14. The third kappa shape index (κ3) is 5.18. The van der Waals surface area contributed by atoms with Gasteiger partial charge < -0.3 is 14.8 Å². The largest absolute Gasteiger partial charge is 0.573 e. The number of methoxy groups -OCH3 is 1. The zero-order valence-corrected chi connectivity index (χ0v) is 15.7. The summed E-state index contributed by atoms with van der Waals surface area (Å²) in [5, 5.41) is 3.34. The van der Waals surface area contributed by atoms with Crippen LogP contribution < -0.4 is 14.8 Å². The number of hydrogen-bond donors (Lipinski definition) is 1. The van der Waals surface area contributed by atoms with Crippen LogP contribution in [0.4, 0.5) is 13.2 Å². The van der Waals surface area contributed by atoms with E-state index in [1.165, 1.54) is 25.0 Å². The van der Waals surface area contributed by atoms with Crippen molar-refractivity contribution in [3.05, 3.63) is 23.8 Å². The topological polar surface area (TPSA) is 33.7 Å². The van der Waals surface area contributed by atoms with E-state index in [1.807, 2.05) is 0 Å². The average molecular weight is 395 g/mol. The highest BCUT2D eigenvalue weighted by Crippen LogP contribution is 2.44. The molecule has 1 aliphatic carbocycles. The van der Waals surface area contributed by atoms with E-state index >= 15 is 0 Å². The molecule has 1 heterocycles. The number of nitrogens with one attached hydrogen (secondary N) is 1. The van der Waals surface area contributed by atoms with Gasteiger partial charge >= 0.3 is 6.36 Å². The van der Waals surface area contributed by atoms with Gasteiger partial charge in [-0.2, -0.15) is 0 Å². The van der Waals surface area contributed by atoms with Crippen LogP contribution in [0.1, 0.15) is 37.3 Å². The summed E-state index contributed by atoms with van der Waals surface area (Å²) < 4.78 is 47.6. The molecule has 1 aromatic carbocycles. The molecule has 8 heteroatoms. The summed E-state index contributed by atoms with van der Waals surface area (Å²) in [6, 6.07) is 4.48. The summed E-state index contributed by atoms with van der Waals surface area (Å²) in [4.78, 5) is 2.38. The SMILES string of the molecule is COc1ccc(OC(F)(F)F)cc1[C@H](C1CCCC1)N1CCNCC1.Cl. The number of rotatable bonds is 5. The van der Waals surface area contributed by atoms with Crippen molar-refractivity contribution in [2.75, 3.05) is 33.3 Å². The van der Waals surface area contributed by atoms with Crippen molar-refractivity contribution in [3.8, 4) is 11.5 Å². The molecule has 26 heavy (non-hydrogen) atoms. The molecule has 1 aromatic rings. The molecule has 0 radical (unpaired) electrons. The predicted molar refractivity (Wildman–Crippen MR) is 96.1 cm³/mol. The second kappa shape index (κ2) is 9.15. The third-order valence-electron chi connectivity index (χ3n) is 5.14. The fourth-order valence-corrected chi connectivity index (χ4v) is 4.12. The van der Waals surface area contributed by atoms with Crippen LogP contribution in [0.25, 0.3) is 0 Å². The molecule has 0 aromatic heterocycles. The van der Waals surface area contributed by atoms with E-state index in [1.54, 1.807) is 13.2 Å². The lowest BCUT2D eigenvalue weighted by molar-refractivity contribution is -0.274. The molecule has 2 fully saturated rings. The van der Waals surface area contributed by atoms with Gasteiger partial charge in [0.2, 0.25) is 0 Å². The summed E-state index contributed by atoms with van der Waals surface area (Å²) >= 11 is 0. The summed E-state index contributed by atoms with van der Waals surface area (Å²) in [5.41, 5.74) is 0.804. The maximum Gasteiger partial charge on any atom is 0.573 e. The Labute approximate surface area is 158 Å². The second-order valence-electron chi connectivity index (χ2n) is 6.73. The molecule has 3 rings (SSSR count). The summed E-state index contributed by atoms with van der Waals surface area (Å²) in [7, 11) is 1.56. The maximum absolute atomic E-state index is 12.6. The summed E-state index contributed by atoms with van der Waals surface area (Å²) in [5.74, 6) is 0.888. The van der Waals surface area contributed by atoms with Crippen LogP contribution in [0.15, 0.2) is 18.2 Å². The number of alkyl halides is 3. The molecule has 4 nitrogen and oxygen atoms in total. The minimum atomic E-state index is -4.69. The van der Waals surface area contributed by atoms with Crippen molar-refractivity contribution in [1.29, 1.82) is 0 Å². The fourth-order valence-electron chi connectivity index (χ4n) is 4.12. The smallest absolute Gasteiger partial charge is 0.496 e. The van der Waals surface area contributed by atoms with Crippen LogP contribution in [0.2, 0.25) is 0 Å². The van der Waals surface area contributed by atoms with Gasteiger partial charge in [-0.25, -0.2) is 0 Å². The number of ether oxygens (including phenoxy) is 2. The van der Waals surface area contributed by atoms with E-state index in [2.05, 4.69) is 15.0 Å². The number of benzene rings is 1. The minimum Gasteiger partial charge on any atom is -0.496 e. The summed E-state index contributed by atoms with van der Waals surface area (Å²) in [6.07, 6.45) is -0.142. The highest BCUT2D eigenvalue weighted by Gasteiger charge is 2.35. The van der Waals surface area contributed by atoms with E-state index in [4.69, 9.17) is 4.74 Å². The zero-order valence-electron chi connectivity index (χ0n) is 14.8. The van der Waals surface area contributed by atoms with Crippen molar-refractivity contribution >= 4 is 12.4 Å². The first-order chi connectivity index (χ1) is 12.0. The van der Waals surface area contributed by atoms with E-state index in [0.717, 1.165) is 44.6 Å². The molecule has 1 atom stereocenters. The van der Waals surface area contributed by atoms with Gasteiger partial charge in [0.1, 0.15) is 11.5 Å². The Morgan fingerprint density at radius 3 is 2.38 bits per heavy atom. The van der Waals surface area contributed by atoms with Crippen LogP contribution in [0, 0.1) is 5.92 Å². The molecular formula is C18H26ClF3N2O2. The molecule has 0 unspecified atom stereocenters. The van der Waals surface area contributed by atoms with Gasteiger partial charge in [0.15, 0.2) is 0 Å². The molecule has 1 aliphatic heterocycles. The highest BCUT2D eigenvalue weighted by atomic mass is 35.5. The Balaban J connectivity index is 0.00000243. The Kier molecular flexibility index (Phi) is 7.43. The van der Waals surface area contributed by atoms with Crippen LogP contribution in [0.3, 0.4) is 0 Å². The lowest BCUT2D eigenvalue weighted by Gasteiger charge is -2.39. The van der Waals surface area contributed by atoms with Crippen LogP contribution in [-0.4, -0.2) is 44.6 Å². The zero-order chi connectivity index (χ0) is 17.9. The van der Waals surface area contributed by atoms with Gasteiger partial charge in [-0.3, -0.25) is 4.90 Å². The summed E-state index contributed by atoms with van der Waals surface area (Å²) in [6.45, 7) is 3.55. The van der Waals surface area contributed by atoms with Crippen LogP contribution in [0.5, 0.6) is 11.5 Å². The first-order valence-electron chi connectivity index (χ1n) is 8.86. The Hall–Kier alpha value is -1.18. The molecule has 1 saturated heterocycles. The monoisotopic (exact) mass is 394 g/mol. The normalized spacial score (nSPS) is 20.5. The van der Waals surface area contributed by atoms with E-state index < -0.39 is 6.36 Å². The quantitative estimate of drug-likeness (QED) is 0.813. The van der Waals surface area contributed by atoms with Gasteiger partial charge in [-0.05, 0) is 37.0 Å². The van der Waals surface area contributed by atoms with E-state index in [0.29, 0.717) is 11.7 Å².